The number of aromatic nitrogens is 3. The van der Waals surface area contributed by atoms with Crippen LogP contribution in [0.2, 0.25) is 0 Å². The van der Waals surface area contributed by atoms with E-state index in [2.05, 4.69) is 5.10 Å². The molecule has 46 heavy (non-hydrogen) atoms. The molecule has 0 bridgehead atoms. The van der Waals surface area contributed by atoms with Crippen LogP contribution >= 0.6 is 0 Å². The molecule has 0 unspecified atom stereocenters. The second-order valence-corrected chi connectivity index (χ2v) is 14.1. The summed E-state index contributed by atoms with van der Waals surface area (Å²) in [6.07, 6.45) is -0.472. The van der Waals surface area contributed by atoms with Crippen molar-refractivity contribution in [2.24, 2.45) is 0 Å². The maximum atomic E-state index is 14.0. The molecule has 1 aliphatic carbocycles. The summed E-state index contributed by atoms with van der Waals surface area (Å²) in [4.78, 5) is 34.2. The average molecular weight is 646 g/mol. The van der Waals surface area contributed by atoms with E-state index in [0.29, 0.717) is 30.6 Å². The molecule has 1 saturated carbocycles. The van der Waals surface area contributed by atoms with Gasteiger partial charge in [-0.2, -0.15) is 27.8 Å². The molecule has 0 N–H and O–H groups in total. The minimum absolute atomic E-state index is 0.0468. The molecular weight excluding hydrogens is 603 g/mol. The Labute approximate surface area is 266 Å². The molecule has 5 rings (SSSR count). The summed E-state index contributed by atoms with van der Waals surface area (Å²) >= 11 is 0. The number of rotatable bonds is 5. The molecule has 250 valence electrons. The number of ether oxygens (including phenoxy) is 3. The Hall–Kier alpha value is -4.03. The number of fused-ring (bicyclic) bond motifs is 1. The van der Waals surface area contributed by atoms with Crippen LogP contribution in [0.15, 0.2) is 30.5 Å². The second kappa shape index (κ2) is 12.3. The predicted molar refractivity (Wildman–Crippen MR) is 166 cm³/mol. The lowest BCUT2D eigenvalue weighted by atomic mass is 9.81. The number of benzene rings is 1. The average Bonchev–Trinajstić information content (AvgIpc) is 3.28. The minimum Gasteiger partial charge on any atom is -0.472 e. The molecule has 1 atom stereocenters. The molecule has 0 spiro atoms. The molecule has 3 heterocycles. The first-order valence-electron chi connectivity index (χ1n) is 15.6. The Kier molecular flexibility index (Phi) is 8.91. The van der Waals surface area contributed by atoms with E-state index in [4.69, 9.17) is 19.2 Å². The lowest BCUT2D eigenvalue weighted by Crippen LogP contribution is -2.46. The number of aryl methyl sites for hydroxylation is 1. The summed E-state index contributed by atoms with van der Waals surface area (Å²) in [5.41, 5.74) is -0.950. The van der Waals surface area contributed by atoms with Gasteiger partial charge in [0, 0.05) is 18.2 Å². The number of likely N-dealkylation sites (tertiary alicyclic amines) is 1. The topological polar surface area (TPSA) is 98.5 Å². The predicted octanol–water partition coefficient (Wildman–Crippen LogP) is 8.18. The second-order valence-electron chi connectivity index (χ2n) is 14.1. The highest BCUT2D eigenvalue weighted by Gasteiger charge is 2.35. The molecule has 2 amide bonds. The van der Waals surface area contributed by atoms with Gasteiger partial charge in [0.25, 0.3) is 0 Å². The number of hydrogen-bond acceptors (Lipinski definition) is 7. The van der Waals surface area contributed by atoms with E-state index in [0.717, 1.165) is 41.9 Å². The summed E-state index contributed by atoms with van der Waals surface area (Å²) in [5, 5.41) is 4.56. The Morgan fingerprint density at radius 1 is 0.935 bits per heavy atom. The molecule has 1 aliphatic heterocycles. The Morgan fingerprint density at radius 3 is 2.24 bits per heavy atom. The zero-order valence-electron chi connectivity index (χ0n) is 27.4. The third-order valence-corrected chi connectivity index (χ3v) is 7.77. The third-order valence-electron chi connectivity index (χ3n) is 7.77. The summed E-state index contributed by atoms with van der Waals surface area (Å²) in [5.74, 6) is 0.464. The number of halogens is 3. The maximum absolute atomic E-state index is 14.0. The van der Waals surface area contributed by atoms with Crippen molar-refractivity contribution >= 4 is 29.3 Å². The third kappa shape index (κ3) is 7.67. The van der Waals surface area contributed by atoms with Crippen molar-refractivity contribution in [1.82, 2.24) is 19.5 Å². The van der Waals surface area contributed by atoms with E-state index in [1.54, 1.807) is 52.6 Å². The zero-order valence-corrected chi connectivity index (χ0v) is 27.4. The summed E-state index contributed by atoms with van der Waals surface area (Å²) in [6.45, 7) is 12.8. The van der Waals surface area contributed by atoms with Crippen LogP contribution in [0.25, 0.3) is 5.65 Å². The van der Waals surface area contributed by atoms with Crippen LogP contribution < -0.4 is 9.64 Å². The van der Waals surface area contributed by atoms with Crippen molar-refractivity contribution in [1.29, 1.82) is 0 Å². The van der Waals surface area contributed by atoms with Crippen LogP contribution in [0.5, 0.6) is 5.88 Å². The van der Waals surface area contributed by atoms with Crippen LogP contribution in [0.1, 0.15) is 96.3 Å². The van der Waals surface area contributed by atoms with Gasteiger partial charge in [0.15, 0.2) is 11.5 Å². The SMILES string of the molecule is Cc1cc(N(C(=O)OC(C)(C)C)c2cc(O[C@H]3CCCN(C(=O)OC(C)(C)C)C3)nc3c(C4CCC4)cnn23)cc(C(F)(F)F)c1. The number of carbonyl (C=O) groups is 2. The van der Waals surface area contributed by atoms with Crippen LogP contribution in [-0.2, 0) is 15.7 Å². The first kappa shape index (κ1) is 33.3. The standard InChI is InChI=1S/C33H42F3N5O5/c1-20-14-22(33(34,35)36)16-23(15-20)40(30(43)46-32(5,6)7)27-17-26(38-28-25(18-37-41(27)28)21-10-8-11-21)44-24-12-9-13-39(19-24)29(42)45-31(2,3)4/h14-18,21,24H,8-13,19H2,1-7H3/t24-/m0/s1. The van der Waals surface area contributed by atoms with Gasteiger partial charge in [-0.3, -0.25) is 0 Å². The maximum Gasteiger partial charge on any atom is 0.420 e. The van der Waals surface area contributed by atoms with Gasteiger partial charge in [-0.05, 0) is 104 Å². The van der Waals surface area contributed by atoms with E-state index < -0.39 is 41.2 Å². The summed E-state index contributed by atoms with van der Waals surface area (Å²) in [7, 11) is 0. The van der Waals surface area contributed by atoms with Crippen LogP contribution in [0.4, 0.5) is 34.3 Å². The summed E-state index contributed by atoms with van der Waals surface area (Å²) in [6, 6.07) is 4.91. The van der Waals surface area contributed by atoms with Gasteiger partial charge in [-0.25, -0.2) is 14.5 Å². The number of amides is 2. The fourth-order valence-electron chi connectivity index (χ4n) is 5.56. The highest BCUT2D eigenvalue weighted by molar-refractivity contribution is 5.96. The molecule has 1 saturated heterocycles. The van der Waals surface area contributed by atoms with Gasteiger partial charge < -0.3 is 19.1 Å². The molecule has 13 heteroatoms. The van der Waals surface area contributed by atoms with Crippen molar-refractivity contribution in [2.75, 3.05) is 18.0 Å². The van der Waals surface area contributed by atoms with Crippen LogP contribution in [-0.4, -0.2) is 62.1 Å². The number of hydrogen-bond donors (Lipinski definition) is 0. The van der Waals surface area contributed by atoms with E-state index in [9.17, 15) is 22.8 Å². The molecule has 3 aromatic rings. The van der Waals surface area contributed by atoms with Crippen LogP contribution in [0.3, 0.4) is 0 Å². The molecular formula is C33H42F3N5O5. The Morgan fingerprint density at radius 2 is 1.63 bits per heavy atom. The largest absolute Gasteiger partial charge is 0.472 e. The molecule has 2 aliphatic rings. The molecule has 1 aromatic carbocycles. The molecule has 2 fully saturated rings. The summed E-state index contributed by atoms with van der Waals surface area (Å²) < 4.78 is 61.0. The number of carbonyl (C=O) groups excluding carboxylic acids is 2. The Balaban J connectivity index is 1.61. The molecule has 10 nitrogen and oxygen atoms in total. The lowest BCUT2D eigenvalue weighted by molar-refractivity contribution is -0.137. The van der Waals surface area contributed by atoms with E-state index in [1.165, 1.54) is 23.6 Å². The van der Waals surface area contributed by atoms with Crippen molar-refractivity contribution in [3.8, 4) is 5.88 Å². The van der Waals surface area contributed by atoms with Crippen molar-refractivity contribution < 1.29 is 37.0 Å². The van der Waals surface area contributed by atoms with Crippen molar-refractivity contribution in [3.63, 3.8) is 0 Å². The first-order valence-corrected chi connectivity index (χ1v) is 15.6. The van der Waals surface area contributed by atoms with Gasteiger partial charge in [0.05, 0.1) is 24.0 Å². The monoisotopic (exact) mass is 645 g/mol. The zero-order chi connectivity index (χ0) is 33.6. The van der Waals surface area contributed by atoms with Gasteiger partial charge >= 0.3 is 18.4 Å². The highest BCUT2D eigenvalue weighted by atomic mass is 19.4. The van der Waals surface area contributed by atoms with Crippen molar-refractivity contribution in [3.05, 3.63) is 47.2 Å². The van der Waals surface area contributed by atoms with E-state index >= 15 is 0 Å². The van der Waals surface area contributed by atoms with Crippen molar-refractivity contribution in [2.45, 2.75) is 110 Å². The van der Waals surface area contributed by atoms with Gasteiger partial charge in [0.2, 0.25) is 5.88 Å². The minimum atomic E-state index is -4.65. The van der Waals surface area contributed by atoms with Gasteiger partial charge in [-0.1, -0.05) is 6.42 Å². The number of nitrogens with zero attached hydrogens (tertiary/aromatic N) is 5. The van der Waals surface area contributed by atoms with E-state index in [1.807, 2.05) is 0 Å². The quantitative estimate of drug-likeness (QED) is 0.276. The number of anilines is 2. The fourth-order valence-corrected chi connectivity index (χ4v) is 5.56. The fraction of sp³-hybridized carbons (Fsp3) is 0.576. The van der Waals surface area contributed by atoms with Gasteiger partial charge in [0.1, 0.15) is 17.3 Å². The number of alkyl halides is 3. The highest BCUT2D eigenvalue weighted by Crippen LogP contribution is 2.41. The van der Waals surface area contributed by atoms with Gasteiger partial charge in [-0.15, -0.1) is 0 Å². The molecule has 2 aromatic heterocycles. The lowest BCUT2D eigenvalue weighted by Gasteiger charge is -2.34. The molecule has 0 radical (unpaired) electrons. The number of piperidine rings is 1. The first-order chi connectivity index (χ1) is 21.4. The normalized spacial score (nSPS) is 17.9. The van der Waals surface area contributed by atoms with E-state index in [-0.39, 0.29) is 29.8 Å². The Bertz CT molecular complexity index is 1600. The van der Waals surface area contributed by atoms with Crippen LogP contribution in [0, 0.1) is 6.92 Å². The smallest absolute Gasteiger partial charge is 0.420 e.